The first kappa shape index (κ1) is 39.6. The van der Waals surface area contributed by atoms with Crippen LogP contribution in [-0.4, -0.2) is 34.1 Å². The Balaban J connectivity index is 0.000000244. The molecule has 5 rings (SSSR count). The van der Waals surface area contributed by atoms with E-state index in [1.807, 2.05) is 53.3 Å². The largest absolute Gasteiger partial charge is 0.491 e. The van der Waals surface area contributed by atoms with E-state index in [-0.39, 0.29) is 34.6 Å². The Morgan fingerprint density at radius 2 is 1.20 bits per heavy atom. The van der Waals surface area contributed by atoms with E-state index in [4.69, 9.17) is 4.74 Å². The molecule has 2 aromatic heterocycles. The fourth-order valence-electron chi connectivity index (χ4n) is 7.15. The van der Waals surface area contributed by atoms with Gasteiger partial charge in [-0.2, -0.15) is 0 Å². The van der Waals surface area contributed by atoms with Gasteiger partial charge in [0.2, 0.25) is 0 Å². The van der Waals surface area contributed by atoms with Gasteiger partial charge in [0.25, 0.3) is 22.9 Å². The third-order valence-corrected chi connectivity index (χ3v) is 9.85. The molecule has 2 aliphatic rings. The van der Waals surface area contributed by atoms with Gasteiger partial charge in [0, 0.05) is 43.3 Å². The number of fused-ring (bicyclic) bond motifs is 2. The standard InChI is InChI=1S/C25H34N2O3.C17H26N2O2/c1-4-5-15-27-23-14-9-7-6-8-11-19(23)16-22(25(27)29)24(28)26-20-12-10-13-21(17-20)30-18(2)3;1-3-4-11-19-15-10-8-6-5-7-9-13(15)12-14(17(19)21)16(20)18-2/h10,12-13,16-18H,4-9,11,14-15H2,1-3H3,(H,26,28);12H,3-11H2,1-2H3,(H,18,20). The maximum Gasteiger partial charge on any atom is 0.263 e. The monoisotopic (exact) mass is 700 g/mol. The van der Waals surface area contributed by atoms with Gasteiger partial charge in [0.15, 0.2) is 0 Å². The first-order valence-electron chi connectivity index (χ1n) is 19.5. The van der Waals surface area contributed by atoms with Gasteiger partial charge in [-0.25, -0.2) is 0 Å². The summed E-state index contributed by atoms with van der Waals surface area (Å²) in [4.78, 5) is 51.0. The van der Waals surface area contributed by atoms with Gasteiger partial charge < -0.3 is 24.5 Å². The number of hydrogen-bond acceptors (Lipinski definition) is 5. The van der Waals surface area contributed by atoms with Crippen LogP contribution in [0.15, 0.2) is 46.0 Å². The minimum absolute atomic E-state index is 0.0513. The number of anilines is 1. The van der Waals surface area contributed by atoms with Gasteiger partial charge in [-0.15, -0.1) is 0 Å². The first-order chi connectivity index (χ1) is 24.7. The number of amides is 2. The normalized spacial score (nSPS) is 14.4. The van der Waals surface area contributed by atoms with Crippen molar-refractivity contribution in [3.63, 3.8) is 0 Å². The van der Waals surface area contributed by atoms with Crippen LogP contribution >= 0.6 is 0 Å². The molecule has 2 heterocycles. The summed E-state index contributed by atoms with van der Waals surface area (Å²) in [5.74, 6) is 0.0771. The minimum atomic E-state index is -0.350. The lowest BCUT2D eigenvalue weighted by Crippen LogP contribution is -2.34. The molecule has 2 aliphatic carbocycles. The van der Waals surface area contributed by atoms with Crippen LogP contribution in [0.5, 0.6) is 5.75 Å². The molecular weight excluding hydrogens is 640 g/mol. The Bertz CT molecular complexity index is 1740. The van der Waals surface area contributed by atoms with Crippen LogP contribution in [0.25, 0.3) is 0 Å². The topological polar surface area (TPSA) is 111 Å². The average Bonchev–Trinajstić information content (AvgIpc) is 3.08. The highest BCUT2D eigenvalue weighted by molar-refractivity contribution is 6.04. The number of unbranched alkanes of at least 4 members (excludes halogenated alkanes) is 2. The van der Waals surface area contributed by atoms with Crippen LogP contribution in [0.2, 0.25) is 0 Å². The summed E-state index contributed by atoms with van der Waals surface area (Å²) in [5, 5.41) is 5.49. The Hall–Kier alpha value is -4.14. The van der Waals surface area contributed by atoms with Gasteiger partial charge in [-0.1, -0.05) is 58.4 Å². The molecule has 2 N–H and O–H groups in total. The number of rotatable bonds is 11. The SMILES string of the molecule is CCCCn1c2c(cc(C(=O)NC)c1=O)CCCCCC2.CCCCn1c2c(cc(C(=O)Nc3cccc(OC(C)C)c3)c1=O)CCCCCC2. The summed E-state index contributed by atoms with van der Waals surface area (Å²) >= 11 is 0. The van der Waals surface area contributed by atoms with Gasteiger partial charge >= 0.3 is 0 Å². The number of aryl methyl sites for hydroxylation is 2. The summed E-state index contributed by atoms with van der Waals surface area (Å²) in [7, 11) is 1.58. The van der Waals surface area contributed by atoms with Crippen molar-refractivity contribution in [1.82, 2.24) is 14.5 Å². The zero-order valence-electron chi connectivity index (χ0n) is 31.7. The second-order valence-electron chi connectivity index (χ2n) is 14.2. The zero-order chi connectivity index (χ0) is 36.8. The quantitative estimate of drug-likeness (QED) is 0.211. The van der Waals surface area contributed by atoms with Crippen LogP contribution in [-0.2, 0) is 38.8 Å². The lowest BCUT2D eigenvalue weighted by molar-refractivity contribution is 0.0959. The molecule has 3 aromatic rings. The second kappa shape index (κ2) is 20.0. The first-order valence-corrected chi connectivity index (χ1v) is 19.5. The molecule has 0 radical (unpaired) electrons. The molecule has 2 amide bonds. The van der Waals surface area contributed by atoms with Crippen LogP contribution < -0.4 is 26.5 Å². The zero-order valence-corrected chi connectivity index (χ0v) is 31.7. The predicted molar refractivity (Wildman–Crippen MR) is 207 cm³/mol. The number of nitrogens with one attached hydrogen (secondary N) is 2. The highest BCUT2D eigenvalue weighted by Gasteiger charge is 2.21. The molecule has 0 unspecified atom stereocenters. The highest BCUT2D eigenvalue weighted by Crippen LogP contribution is 2.23. The van der Waals surface area contributed by atoms with E-state index in [0.29, 0.717) is 23.5 Å². The molecule has 1 aromatic carbocycles. The van der Waals surface area contributed by atoms with Crippen LogP contribution in [0, 0.1) is 0 Å². The number of aromatic nitrogens is 2. The number of carbonyl (C=O) groups is 2. The Morgan fingerprint density at radius 1 is 0.706 bits per heavy atom. The number of pyridine rings is 2. The third kappa shape index (κ3) is 10.9. The van der Waals surface area contributed by atoms with E-state index in [9.17, 15) is 19.2 Å². The van der Waals surface area contributed by atoms with Gasteiger partial charge in [0.1, 0.15) is 16.9 Å². The lowest BCUT2D eigenvalue weighted by Gasteiger charge is -2.21. The van der Waals surface area contributed by atoms with Crippen LogP contribution in [0.4, 0.5) is 5.69 Å². The van der Waals surface area contributed by atoms with Crippen molar-refractivity contribution in [3.05, 3.63) is 90.7 Å². The lowest BCUT2D eigenvalue weighted by atomic mass is 9.95. The summed E-state index contributed by atoms with van der Waals surface area (Å²) in [6.45, 7) is 9.57. The van der Waals surface area contributed by atoms with Crippen LogP contribution in [0.1, 0.15) is 148 Å². The van der Waals surface area contributed by atoms with Gasteiger partial charge in [0.05, 0.1) is 6.10 Å². The molecule has 0 fully saturated rings. The van der Waals surface area contributed by atoms with Gasteiger partial charge in [-0.3, -0.25) is 19.2 Å². The van der Waals surface area contributed by atoms with Crippen molar-refractivity contribution < 1.29 is 14.3 Å². The van der Waals surface area contributed by atoms with Crippen LogP contribution in [0.3, 0.4) is 0 Å². The predicted octanol–water partition coefficient (Wildman–Crippen LogP) is 8.01. The summed E-state index contributed by atoms with van der Waals surface area (Å²) in [6.07, 6.45) is 17.2. The fourth-order valence-corrected chi connectivity index (χ4v) is 7.15. The maximum absolute atomic E-state index is 13.3. The molecule has 0 bridgehead atoms. The van der Waals surface area contributed by atoms with Crippen molar-refractivity contribution in [2.75, 3.05) is 12.4 Å². The minimum Gasteiger partial charge on any atom is -0.491 e. The average molecular weight is 701 g/mol. The van der Waals surface area contributed by atoms with E-state index < -0.39 is 0 Å². The Kier molecular flexibility index (Phi) is 15.6. The van der Waals surface area contributed by atoms with E-state index in [1.165, 1.54) is 36.9 Å². The van der Waals surface area contributed by atoms with E-state index in [2.05, 4.69) is 24.5 Å². The summed E-state index contributed by atoms with van der Waals surface area (Å²) in [5.41, 5.74) is 5.53. The fraction of sp³-hybridized carbons (Fsp3) is 0.571. The Morgan fingerprint density at radius 3 is 1.67 bits per heavy atom. The second-order valence-corrected chi connectivity index (χ2v) is 14.2. The number of carbonyl (C=O) groups excluding carboxylic acids is 2. The van der Waals surface area contributed by atoms with Gasteiger partial charge in [-0.05, 0) is 113 Å². The molecule has 9 heteroatoms. The molecule has 0 atom stereocenters. The highest BCUT2D eigenvalue weighted by atomic mass is 16.5. The summed E-state index contributed by atoms with van der Waals surface area (Å²) < 4.78 is 9.45. The van der Waals surface area contributed by atoms with Crippen molar-refractivity contribution in [3.8, 4) is 5.75 Å². The van der Waals surface area contributed by atoms with E-state index in [0.717, 1.165) is 94.9 Å². The third-order valence-electron chi connectivity index (χ3n) is 9.85. The number of hydrogen-bond donors (Lipinski definition) is 2. The number of ether oxygens (including phenoxy) is 1. The molecule has 51 heavy (non-hydrogen) atoms. The maximum atomic E-state index is 13.3. The van der Waals surface area contributed by atoms with E-state index in [1.54, 1.807) is 13.1 Å². The molecule has 278 valence electrons. The molecule has 0 saturated heterocycles. The molecular formula is C42H60N4O5. The van der Waals surface area contributed by atoms with Crippen molar-refractivity contribution >= 4 is 17.5 Å². The molecule has 0 spiro atoms. The van der Waals surface area contributed by atoms with Crippen molar-refractivity contribution in [2.45, 2.75) is 150 Å². The number of benzene rings is 1. The number of nitrogens with zero attached hydrogens (tertiary/aromatic N) is 2. The Labute approximate surface area is 304 Å². The van der Waals surface area contributed by atoms with Crippen molar-refractivity contribution in [2.24, 2.45) is 0 Å². The molecule has 9 nitrogen and oxygen atoms in total. The summed E-state index contributed by atoms with van der Waals surface area (Å²) in [6, 6.07) is 11.0. The van der Waals surface area contributed by atoms with Crippen molar-refractivity contribution in [1.29, 1.82) is 0 Å². The molecule has 0 saturated carbocycles. The van der Waals surface area contributed by atoms with E-state index >= 15 is 0 Å². The molecule has 0 aliphatic heterocycles. The smallest absolute Gasteiger partial charge is 0.263 e.